The number of fused-ring (bicyclic) bond motifs is 7. The van der Waals surface area contributed by atoms with Crippen LogP contribution in [-0.4, -0.2) is 4.98 Å². The minimum Gasteiger partial charge on any atom is -0.455 e. The van der Waals surface area contributed by atoms with Crippen molar-refractivity contribution in [3.05, 3.63) is 89.6 Å². The van der Waals surface area contributed by atoms with Gasteiger partial charge in [-0.05, 0) is 76.7 Å². The van der Waals surface area contributed by atoms with Gasteiger partial charge in [-0.15, -0.1) is 0 Å². The summed E-state index contributed by atoms with van der Waals surface area (Å²) in [4.78, 5) is 4.48. The van der Waals surface area contributed by atoms with Gasteiger partial charge in [-0.1, -0.05) is 56.3 Å². The van der Waals surface area contributed by atoms with E-state index in [0.717, 1.165) is 44.1 Å². The molecule has 0 unspecified atom stereocenters. The zero-order chi connectivity index (χ0) is 27.9. The Labute approximate surface area is 197 Å². The summed E-state index contributed by atoms with van der Waals surface area (Å²) >= 11 is 0. The lowest BCUT2D eigenvalue weighted by atomic mass is 9.93. The molecule has 0 aliphatic heterocycles. The SMILES string of the molecule is [2H]C([2H])([2H])c1cnc(-c2cc3ccccc3c3ccc4c5ccc(C([2H])(C)C)cc5oc4c23)cc1C([2H])([2H])[2H]. The van der Waals surface area contributed by atoms with Crippen molar-refractivity contribution in [2.75, 3.05) is 0 Å². The monoisotopic (exact) mass is 422 g/mol. The average molecular weight is 423 g/mol. The van der Waals surface area contributed by atoms with Gasteiger partial charge in [0.2, 0.25) is 0 Å². The van der Waals surface area contributed by atoms with Crippen molar-refractivity contribution in [1.29, 1.82) is 0 Å². The van der Waals surface area contributed by atoms with Crippen LogP contribution in [0.5, 0.6) is 0 Å². The van der Waals surface area contributed by atoms with Crippen LogP contribution < -0.4 is 0 Å². The van der Waals surface area contributed by atoms with Gasteiger partial charge in [-0.25, -0.2) is 0 Å². The lowest BCUT2D eigenvalue weighted by Gasteiger charge is -2.12. The van der Waals surface area contributed by atoms with E-state index in [1.807, 2.05) is 74.5 Å². The van der Waals surface area contributed by atoms with E-state index < -0.39 is 19.6 Å². The molecule has 0 fully saturated rings. The lowest BCUT2D eigenvalue weighted by molar-refractivity contribution is 0.671. The van der Waals surface area contributed by atoms with Crippen molar-refractivity contribution < 1.29 is 14.0 Å². The number of hydrogen-bond acceptors (Lipinski definition) is 2. The van der Waals surface area contributed by atoms with Crippen molar-refractivity contribution in [2.45, 2.75) is 33.4 Å². The first kappa shape index (κ1) is 13.0. The molecule has 0 spiro atoms. The average Bonchev–Trinajstić information content (AvgIpc) is 3.24. The van der Waals surface area contributed by atoms with Crippen molar-refractivity contribution in [1.82, 2.24) is 4.98 Å². The Balaban J connectivity index is 1.75. The van der Waals surface area contributed by atoms with Crippen LogP contribution in [0.25, 0.3) is 54.7 Å². The zero-order valence-corrected chi connectivity index (χ0v) is 17.8. The molecule has 0 saturated carbocycles. The molecule has 6 rings (SSSR count). The summed E-state index contributed by atoms with van der Waals surface area (Å²) in [7, 11) is 0. The van der Waals surface area contributed by atoms with E-state index in [2.05, 4.69) is 4.98 Å². The summed E-state index contributed by atoms with van der Waals surface area (Å²) in [5.74, 6) is -0.795. The number of pyridine rings is 1. The molecule has 2 heterocycles. The summed E-state index contributed by atoms with van der Waals surface area (Å²) < 4.78 is 62.6. The fourth-order valence-corrected chi connectivity index (χ4v) is 4.54. The third-order valence-corrected chi connectivity index (χ3v) is 6.22. The van der Waals surface area contributed by atoms with E-state index in [4.69, 9.17) is 14.0 Å². The standard InChI is InChI=1S/C30H25NO/c1-17(2)20-9-10-23-25-12-11-24-22-8-6-5-7-21(22)14-26(27-13-18(3)19(4)16-31-27)29(24)30(25)32-28(23)15-20/h5-17H,1-4H3/i3D3,4D3,17D. The highest BCUT2D eigenvalue weighted by Gasteiger charge is 2.18. The van der Waals surface area contributed by atoms with E-state index in [9.17, 15) is 0 Å². The predicted molar refractivity (Wildman–Crippen MR) is 136 cm³/mol. The normalized spacial score (nSPS) is 16.4. The van der Waals surface area contributed by atoms with Crippen molar-refractivity contribution in [2.24, 2.45) is 0 Å². The van der Waals surface area contributed by atoms with Crippen LogP contribution in [0.4, 0.5) is 0 Å². The molecule has 0 saturated heterocycles. The maximum Gasteiger partial charge on any atom is 0.143 e. The molecule has 0 radical (unpaired) electrons. The second kappa shape index (κ2) is 6.93. The van der Waals surface area contributed by atoms with Crippen LogP contribution >= 0.6 is 0 Å². The maximum atomic E-state index is 8.45. The summed E-state index contributed by atoms with van der Waals surface area (Å²) in [6, 6.07) is 21.1. The largest absolute Gasteiger partial charge is 0.455 e. The summed E-state index contributed by atoms with van der Waals surface area (Å²) in [5.41, 5.74) is 2.59. The van der Waals surface area contributed by atoms with Crippen molar-refractivity contribution in [3.63, 3.8) is 0 Å². The van der Waals surface area contributed by atoms with Crippen LogP contribution in [0.3, 0.4) is 0 Å². The first-order chi connectivity index (χ1) is 18.2. The van der Waals surface area contributed by atoms with Crippen LogP contribution in [0.1, 0.15) is 46.0 Å². The van der Waals surface area contributed by atoms with Crippen LogP contribution in [-0.2, 0) is 0 Å². The minimum absolute atomic E-state index is 0.243. The van der Waals surface area contributed by atoms with E-state index in [-0.39, 0.29) is 11.1 Å². The molecular weight excluding hydrogens is 390 g/mol. The second-order valence-corrected chi connectivity index (χ2v) is 8.44. The molecule has 2 nitrogen and oxygen atoms in total. The topological polar surface area (TPSA) is 26.0 Å². The highest BCUT2D eigenvalue weighted by Crippen LogP contribution is 2.42. The van der Waals surface area contributed by atoms with Gasteiger partial charge in [-0.2, -0.15) is 0 Å². The molecule has 0 bridgehead atoms. The Morgan fingerprint density at radius 1 is 0.844 bits per heavy atom. The number of nitrogens with zero attached hydrogens (tertiary/aromatic N) is 1. The van der Waals surface area contributed by atoms with Crippen molar-refractivity contribution in [3.8, 4) is 11.3 Å². The summed E-state index contributed by atoms with van der Waals surface area (Å²) in [6.07, 6.45) is 1.16. The molecule has 0 aliphatic rings. The van der Waals surface area contributed by atoms with Gasteiger partial charge in [-0.3, -0.25) is 4.98 Å². The van der Waals surface area contributed by atoms with Gasteiger partial charge in [0.05, 0.1) is 5.69 Å². The van der Waals surface area contributed by atoms with Gasteiger partial charge in [0.15, 0.2) is 0 Å². The smallest absolute Gasteiger partial charge is 0.143 e. The van der Waals surface area contributed by atoms with Crippen molar-refractivity contribution >= 4 is 43.5 Å². The number of benzene rings is 4. The predicted octanol–water partition coefficient (Wildman–Crippen LogP) is 8.69. The Hall–Kier alpha value is -3.65. The molecule has 6 aromatic rings. The quantitative estimate of drug-likeness (QED) is 0.261. The van der Waals surface area contributed by atoms with Crippen LogP contribution in [0, 0.1) is 13.7 Å². The van der Waals surface area contributed by atoms with Gasteiger partial charge in [0.25, 0.3) is 0 Å². The molecule has 0 aliphatic carbocycles. The number of rotatable bonds is 2. The molecule has 156 valence electrons. The Morgan fingerprint density at radius 2 is 1.66 bits per heavy atom. The summed E-state index contributed by atoms with van der Waals surface area (Å²) in [6.45, 7) is -1.60. The Bertz CT molecular complexity index is 1930. The van der Waals surface area contributed by atoms with Gasteiger partial charge >= 0.3 is 0 Å². The lowest BCUT2D eigenvalue weighted by Crippen LogP contribution is -1.91. The number of aromatic nitrogens is 1. The van der Waals surface area contributed by atoms with Gasteiger partial charge in [0.1, 0.15) is 11.2 Å². The Morgan fingerprint density at radius 3 is 2.50 bits per heavy atom. The minimum atomic E-state index is -2.64. The number of furan rings is 1. The van der Waals surface area contributed by atoms with E-state index >= 15 is 0 Å². The van der Waals surface area contributed by atoms with Crippen LogP contribution in [0.2, 0.25) is 0 Å². The molecule has 0 amide bonds. The molecule has 0 N–H and O–H groups in total. The van der Waals surface area contributed by atoms with Gasteiger partial charge < -0.3 is 4.42 Å². The first-order valence-electron chi connectivity index (χ1n) is 14.1. The molecule has 4 aromatic carbocycles. The van der Waals surface area contributed by atoms with Gasteiger partial charge in [0, 0.05) is 37.5 Å². The molecule has 2 heteroatoms. The zero-order valence-electron chi connectivity index (χ0n) is 24.8. The van der Waals surface area contributed by atoms with Crippen LogP contribution in [0.15, 0.2) is 77.3 Å². The number of aryl methyl sites for hydroxylation is 2. The van der Waals surface area contributed by atoms with E-state index in [0.29, 0.717) is 22.4 Å². The molecule has 2 aromatic heterocycles. The Kier molecular flexibility index (Phi) is 2.82. The molecule has 32 heavy (non-hydrogen) atoms. The molecule has 0 atom stereocenters. The fourth-order valence-electron chi connectivity index (χ4n) is 4.54. The highest BCUT2D eigenvalue weighted by molar-refractivity contribution is 6.24. The third-order valence-electron chi connectivity index (χ3n) is 6.22. The highest BCUT2D eigenvalue weighted by atomic mass is 16.3. The summed E-state index contributed by atoms with van der Waals surface area (Å²) in [5, 5.41) is 5.41. The second-order valence-electron chi connectivity index (χ2n) is 8.44. The first-order valence-corrected chi connectivity index (χ1v) is 10.6. The number of hydrogen-bond donors (Lipinski definition) is 0. The molecular formula is C30H25NO. The van der Waals surface area contributed by atoms with E-state index in [1.165, 1.54) is 6.07 Å². The maximum absolute atomic E-state index is 8.45. The third kappa shape index (κ3) is 2.76. The fraction of sp³-hybridized carbons (Fsp3) is 0.167. The van der Waals surface area contributed by atoms with E-state index in [1.54, 1.807) is 0 Å².